The number of nitrogens with zero attached hydrogens (tertiary/aromatic N) is 3. The van der Waals surface area contributed by atoms with Crippen molar-refractivity contribution in [1.82, 2.24) is 15.5 Å². The molecule has 1 unspecified atom stereocenters. The van der Waals surface area contributed by atoms with Gasteiger partial charge >= 0.3 is 6.09 Å². The number of nitrogens with one attached hydrogen (secondary N) is 2. The number of ether oxygens (including phenoxy) is 3. The molecule has 2 fully saturated rings. The number of anilines is 2. The average molecular weight is 427 g/mol. The van der Waals surface area contributed by atoms with E-state index in [-0.39, 0.29) is 12.0 Å². The van der Waals surface area contributed by atoms with E-state index in [9.17, 15) is 9.59 Å². The number of rotatable bonds is 4. The number of fused-ring (bicyclic) bond motifs is 3. The van der Waals surface area contributed by atoms with E-state index in [0.29, 0.717) is 44.3 Å². The van der Waals surface area contributed by atoms with E-state index in [1.54, 1.807) is 4.90 Å². The minimum absolute atomic E-state index is 0.153. The number of carbonyl (C=O) groups excluding carboxylic acids is 2. The van der Waals surface area contributed by atoms with Crippen LogP contribution in [0, 0.1) is 0 Å². The number of cyclic esters (lactones) is 1. The summed E-state index contributed by atoms with van der Waals surface area (Å²) in [4.78, 5) is 27.3. The summed E-state index contributed by atoms with van der Waals surface area (Å²) in [7, 11) is 0. The lowest BCUT2D eigenvalue weighted by molar-refractivity contribution is -0.119. The molecular weight excluding hydrogens is 402 g/mol. The summed E-state index contributed by atoms with van der Waals surface area (Å²) in [6.07, 6.45) is -0.0697. The molecule has 0 saturated carbocycles. The Kier molecular flexibility index (Phi) is 5.14. The molecule has 2 N–H and O–H groups in total. The summed E-state index contributed by atoms with van der Waals surface area (Å²) < 4.78 is 16.9. The monoisotopic (exact) mass is 427 g/mol. The Hall–Kier alpha value is -3.27. The van der Waals surface area contributed by atoms with Crippen molar-refractivity contribution in [3.8, 4) is 17.0 Å². The largest absolute Gasteiger partial charge is 0.492 e. The molecule has 1 atom stereocenters. The average Bonchev–Trinajstić information content (AvgIpc) is 3.31. The maximum absolute atomic E-state index is 12.4. The van der Waals surface area contributed by atoms with Gasteiger partial charge in [-0.05, 0) is 12.1 Å². The smallest absolute Gasteiger partial charge is 0.414 e. The van der Waals surface area contributed by atoms with Crippen LogP contribution >= 0.6 is 0 Å². The Morgan fingerprint density at radius 1 is 1.29 bits per heavy atom. The van der Waals surface area contributed by atoms with E-state index in [0.717, 1.165) is 42.1 Å². The van der Waals surface area contributed by atoms with Gasteiger partial charge < -0.3 is 24.4 Å². The van der Waals surface area contributed by atoms with Crippen LogP contribution in [0.4, 0.5) is 16.3 Å². The number of morpholine rings is 1. The van der Waals surface area contributed by atoms with Crippen LogP contribution in [-0.4, -0.2) is 74.3 Å². The lowest BCUT2D eigenvalue weighted by Gasteiger charge is -2.27. The van der Waals surface area contributed by atoms with Crippen LogP contribution in [0.25, 0.3) is 11.3 Å². The summed E-state index contributed by atoms with van der Waals surface area (Å²) in [5.41, 5.74) is 3.72. The van der Waals surface area contributed by atoms with Crippen molar-refractivity contribution in [2.24, 2.45) is 0 Å². The summed E-state index contributed by atoms with van der Waals surface area (Å²) in [6, 6.07) is 5.70. The van der Waals surface area contributed by atoms with Crippen LogP contribution in [-0.2, 0) is 20.7 Å². The zero-order valence-corrected chi connectivity index (χ0v) is 17.3. The third kappa shape index (κ3) is 3.78. The second kappa shape index (κ2) is 8.10. The minimum atomic E-state index is -0.430. The predicted octanol–water partition coefficient (Wildman–Crippen LogP) is 1.31. The number of benzene rings is 1. The molecule has 2 amide bonds. The van der Waals surface area contributed by atoms with Gasteiger partial charge in [0, 0.05) is 43.6 Å². The second-order valence-electron chi connectivity index (χ2n) is 7.83. The van der Waals surface area contributed by atoms with E-state index in [4.69, 9.17) is 14.2 Å². The number of hydrogen-bond donors (Lipinski definition) is 2. The molecule has 10 nitrogen and oxygen atoms in total. The molecule has 2 aromatic rings. The molecular formula is C21H25N5O5. The normalized spacial score (nSPS) is 20.4. The van der Waals surface area contributed by atoms with Crippen molar-refractivity contribution in [3.05, 3.63) is 23.8 Å². The minimum Gasteiger partial charge on any atom is -0.492 e. The van der Waals surface area contributed by atoms with Gasteiger partial charge in [-0.15, -0.1) is 0 Å². The zero-order valence-electron chi connectivity index (χ0n) is 17.3. The van der Waals surface area contributed by atoms with Gasteiger partial charge in [0.2, 0.25) is 5.91 Å². The highest BCUT2D eigenvalue weighted by molar-refractivity contribution is 5.91. The van der Waals surface area contributed by atoms with E-state index in [1.807, 2.05) is 18.2 Å². The molecule has 1 aromatic carbocycles. The molecule has 31 heavy (non-hydrogen) atoms. The molecule has 5 rings (SSSR count). The van der Waals surface area contributed by atoms with Crippen LogP contribution in [0.1, 0.15) is 12.5 Å². The van der Waals surface area contributed by atoms with Gasteiger partial charge in [0.1, 0.15) is 11.9 Å². The van der Waals surface area contributed by atoms with Crippen molar-refractivity contribution in [3.63, 3.8) is 0 Å². The summed E-state index contributed by atoms with van der Waals surface area (Å²) in [5, 5.41) is 10.5. The number of aromatic nitrogens is 2. The van der Waals surface area contributed by atoms with Crippen LogP contribution in [0.2, 0.25) is 0 Å². The van der Waals surface area contributed by atoms with Gasteiger partial charge in [-0.2, -0.15) is 5.10 Å². The maximum Gasteiger partial charge on any atom is 0.414 e. The Labute approximate surface area is 179 Å². The summed E-state index contributed by atoms with van der Waals surface area (Å²) >= 11 is 0. The first kappa shape index (κ1) is 19.7. The first-order valence-electron chi connectivity index (χ1n) is 10.5. The van der Waals surface area contributed by atoms with Crippen molar-refractivity contribution in [1.29, 1.82) is 0 Å². The SMILES string of the molecule is CC(=O)NCC1CN(c2ccc3c(c2)OCCc2c(N4CCOCC4)n[nH]c2-3)C(=O)O1. The van der Waals surface area contributed by atoms with Crippen LogP contribution in [0.15, 0.2) is 18.2 Å². The Bertz CT molecular complexity index is 1000. The maximum atomic E-state index is 12.4. The second-order valence-corrected chi connectivity index (χ2v) is 7.83. The highest BCUT2D eigenvalue weighted by Gasteiger charge is 2.33. The van der Waals surface area contributed by atoms with Gasteiger partial charge in [-0.25, -0.2) is 4.79 Å². The van der Waals surface area contributed by atoms with E-state index < -0.39 is 6.09 Å². The van der Waals surface area contributed by atoms with Crippen LogP contribution < -0.4 is 19.9 Å². The Morgan fingerprint density at radius 2 is 2.13 bits per heavy atom. The third-order valence-corrected chi connectivity index (χ3v) is 5.76. The molecule has 2 saturated heterocycles. The lowest BCUT2D eigenvalue weighted by atomic mass is 10.0. The molecule has 0 radical (unpaired) electrons. The molecule has 0 aliphatic carbocycles. The van der Waals surface area contributed by atoms with Crippen molar-refractivity contribution >= 4 is 23.5 Å². The van der Waals surface area contributed by atoms with Gasteiger partial charge in [0.25, 0.3) is 0 Å². The topological polar surface area (TPSA) is 109 Å². The van der Waals surface area contributed by atoms with Gasteiger partial charge in [0.05, 0.1) is 44.3 Å². The number of hydrogen-bond acceptors (Lipinski definition) is 7. The summed E-state index contributed by atoms with van der Waals surface area (Å²) in [5.74, 6) is 1.51. The first-order chi connectivity index (χ1) is 15.1. The van der Waals surface area contributed by atoms with E-state index >= 15 is 0 Å². The van der Waals surface area contributed by atoms with Crippen molar-refractivity contribution in [2.45, 2.75) is 19.4 Å². The van der Waals surface area contributed by atoms with Crippen LogP contribution in [0.3, 0.4) is 0 Å². The summed E-state index contributed by atoms with van der Waals surface area (Å²) in [6.45, 7) is 5.67. The highest BCUT2D eigenvalue weighted by Crippen LogP contribution is 2.40. The van der Waals surface area contributed by atoms with Crippen molar-refractivity contribution < 1.29 is 23.8 Å². The van der Waals surface area contributed by atoms with E-state index in [2.05, 4.69) is 20.4 Å². The molecule has 4 heterocycles. The molecule has 0 spiro atoms. The molecule has 3 aliphatic rings. The number of carbonyl (C=O) groups is 2. The van der Waals surface area contributed by atoms with Crippen molar-refractivity contribution in [2.75, 3.05) is 55.8 Å². The number of aromatic amines is 1. The molecule has 0 bridgehead atoms. The fraction of sp³-hybridized carbons (Fsp3) is 0.476. The zero-order chi connectivity index (χ0) is 21.4. The highest BCUT2D eigenvalue weighted by atomic mass is 16.6. The molecule has 1 aromatic heterocycles. The Morgan fingerprint density at radius 3 is 2.94 bits per heavy atom. The van der Waals surface area contributed by atoms with Crippen LogP contribution in [0.5, 0.6) is 5.75 Å². The fourth-order valence-electron chi connectivity index (χ4n) is 4.22. The fourth-order valence-corrected chi connectivity index (χ4v) is 4.22. The standard InChI is InChI=1S/C21H25N5O5/c1-13(27)22-11-15-12-26(21(28)31-15)14-2-3-16-18(10-14)30-7-4-17-19(16)23-24-20(17)25-5-8-29-9-6-25/h2-3,10,15H,4-9,11-12H2,1H3,(H,22,27)(H,23,24). The first-order valence-corrected chi connectivity index (χ1v) is 10.5. The molecule has 3 aliphatic heterocycles. The lowest BCUT2D eigenvalue weighted by Crippen LogP contribution is -2.37. The number of H-pyrrole nitrogens is 1. The van der Waals surface area contributed by atoms with Gasteiger partial charge in [0.15, 0.2) is 5.82 Å². The van der Waals surface area contributed by atoms with Gasteiger partial charge in [-0.3, -0.25) is 14.8 Å². The number of amides is 2. The molecule has 164 valence electrons. The molecule has 10 heteroatoms. The quantitative estimate of drug-likeness (QED) is 0.757. The van der Waals surface area contributed by atoms with E-state index in [1.165, 1.54) is 6.92 Å². The van der Waals surface area contributed by atoms with Gasteiger partial charge in [-0.1, -0.05) is 0 Å². The Balaban J connectivity index is 1.39. The predicted molar refractivity (Wildman–Crippen MR) is 113 cm³/mol. The third-order valence-electron chi connectivity index (χ3n) is 5.76.